The Bertz CT molecular complexity index is 2270. The van der Waals surface area contributed by atoms with Crippen molar-refractivity contribution in [1.82, 2.24) is 25.9 Å². The average Bonchev–Trinajstić information content (AvgIpc) is 3.23. The molecule has 4 aromatic carbocycles. The van der Waals surface area contributed by atoms with Crippen LogP contribution in [0.2, 0.25) is 15.1 Å². The second kappa shape index (κ2) is 21.8. The van der Waals surface area contributed by atoms with Crippen LogP contribution in [0.4, 0.5) is 17.3 Å². The highest BCUT2D eigenvalue weighted by Gasteiger charge is 2.24. The molecule has 0 unspecified atom stereocenters. The van der Waals surface area contributed by atoms with Gasteiger partial charge in [-0.25, -0.2) is 9.97 Å². The topological polar surface area (TPSA) is 89.2 Å². The molecule has 2 aromatic heterocycles. The van der Waals surface area contributed by atoms with Crippen LogP contribution in [0.3, 0.4) is 0 Å². The van der Waals surface area contributed by atoms with Crippen LogP contribution in [0.25, 0.3) is 21.8 Å². The number of pyridine rings is 2. The minimum absolute atomic E-state index is 0.162. The SMILES string of the molecule is CC(C)(C)NC1CCN(c2cc(NCc3ccc(Cl)cc3)nc3ccccc23)CC1.CC(C)(C)NC1CCNCC1.Clc1ccc(CNc2cc(Cl)c3ccccc3n2)cc1. The lowest BCUT2D eigenvalue weighted by Crippen LogP contribution is -2.49. The summed E-state index contributed by atoms with van der Waals surface area (Å²) < 4.78 is 0. The van der Waals surface area contributed by atoms with Crippen molar-refractivity contribution in [3.8, 4) is 0 Å². The molecule has 8 nitrogen and oxygen atoms in total. The number of piperidine rings is 2. The summed E-state index contributed by atoms with van der Waals surface area (Å²) in [6.07, 6.45) is 4.86. The Morgan fingerprint density at radius 2 is 1.02 bits per heavy atom. The molecule has 324 valence electrons. The van der Waals surface area contributed by atoms with Crippen LogP contribution >= 0.6 is 34.8 Å². The number of halogens is 3. The molecule has 2 saturated heterocycles. The van der Waals surface area contributed by atoms with Gasteiger partial charge in [0, 0.05) is 81.9 Å². The first-order chi connectivity index (χ1) is 29.2. The summed E-state index contributed by atoms with van der Waals surface area (Å²) in [5.74, 6) is 1.68. The Kier molecular flexibility index (Phi) is 16.5. The van der Waals surface area contributed by atoms with E-state index in [4.69, 9.17) is 39.8 Å². The van der Waals surface area contributed by atoms with Gasteiger partial charge in [-0.05, 0) is 134 Å². The number of nitrogens with zero attached hydrogens (tertiary/aromatic N) is 3. The lowest BCUT2D eigenvalue weighted by Gasteiger charge is -2.37. The van der Waals surface area contributed by atoms with Crippen molar-refractivity contribution in [3.63, 3.8) is 0 Å². The highest BCUT2D eigenvalue weighted by molar-refractivity contribution is 6.35. The summed E-state index contributed by atoms with van der Waals surface area (Å²) >= 11 is 18.1. The smallest absolute Gasteiger partial charge is 0.129 e. The number of fused-ring (bicyclic) bond motifs is 2. The maximum absolute atomic E-state index is 6.27. The van der Waals surface area contributed by atoms with Crippen molar-refractivity contribution in [2.45, 2.75) is 103 Å². The van der Waals surface area contributed by atoms with Gasteiger partial charge in [0.05, 0.1) is 16.1 Å². The van der Waals surface area contributed by atoms with Crippen LogP contribution in [0, 0.1) is 0 Å². The number of benzene rings is 4. The molecule has 11 heteroatoms. The van der Waals surface area contributed by atoms with Gasteiger partial charge in [0.1, 0.15) is 11.6 Å². The van der Waals surface area contributed by atoms with E-state index in [-0.39, 0.29) is 11.1 Å². The molecule has 2 fully saturated rings. The number of para-hydroxylation sites is 2. The third kappa shape index (κ3) is 15.0. The van der Waals surface area contributed by atoms with E-state index in [1.807, 2.05) is 78.9 Å². The number of anilines is 3. The van der Waals surface area contributed by atoms with Gasteiger partial charge in [-0.15, -0.1) is 0 Å². The third-order valence-corrected chi connectivity index (χ3v) is 11.4. The van der Waals surface area contributed by atoms with Crippen LogP contribution in [-0.4, -0.2) is 59.3 Å². The summed E-state index contributed by atoms with van der Waals surface area (Å²) in [7, 11) is 0. The fraction of sp³-hybridized carbons (Fsp3) is 0.400. The van der Waals surface area contributed by atoms with Gasteiger partial charge in [0.15, 0.2) is 0 Å². The summed E-state index contributed by atoms with van der Waals surface area (Å²) in [5.41, 5.74) is 5.96. The lowest BCUT2D eigenvalue weighted by molar-refractivity contribution is 0.304. The van der Waals surface area contributed by atoms with Crippen molar-refractivity contribution in [3.05, 3.63) is 135 Å². The molecule has 61 heavy (non-hydrogen) atoms. The molecule has 2 aliphatic heterocycles. The Morgan fingerprint density at radius 3 is 1.52 bits per heavy atom. The maximum atomic E-state index is 6.27. The Morgan fingerprint density at radius 1 is 0.574 bits per heavy atom. The molecule has 0 saturated carbocycles. The van der Waals surface area contributed by atoms with Crippen LogP contribution in [0.5, 0.6) is 0 Å². The van der Waals surface area contributed by atoms with E-state index in [1.165, 1.54) is 42.6 Å². The molecule has 8 rings (SSSR count). The van der Waals surface area contributed by atoms with Gasteiger partial charge in [-0.1, -0.05) is 95.5 Å². The second-order valence-electron chi connectivity index (χ2n) is 18.1. The number of hydrogen-bond acceptors (Lipinski definition) is 8. The van der Waals surface area contributed by atoms with E-state index >= 15 is 0 Å². The minimum Gasteiger partial charge on any atom is -0.371 e. The van der Waals surface area contributed by atoms with Crippen molar-refractivity contribution in [2.75, 3.05) is 41.7 Å². The third-order valence-electron chi connectivity index (χ3n) is 10.6. The number of aromatic nitrogens is 2. The fourth-order valence-electron chi connectivity index (χ4n) is 7.78. The zero-order chi connectivity index (χ0) is 43.4. The quantitative estimate of drug-likeness (QED) is 0.0981. The molecule has 6 aromatic rings. The molecule has 5 N–H and O–H groups in total. The lowest BCUT2D eigenvalue weighted by atomic mass is 9.99. The van der Waals surface area contributed by atoms with Crippen LogP contribution in [-0.2, 0) is 13.1 Å². The van der Waals surface area contributed by atoms with Crippen LogP contribution in [0.15, 0.2) is 109 Å². The van der Waals surface area contributed by atoms with Gasteiger partial charge >= 0.3 is 0 Å². The normalized spacial score (nSPS) is 15.1. The van der Waals surface area contributed by atoms with E-state index in [1.54, 1.807) is 0 Å². The van der Waals surface area contributed by atoms with E-state index in [2.05, 4.69) is 108 Å². The number of hydrogen-bond donors (Lipinski definition) is 5. The zero-order valence-corrected chi connectivity index (χ0v) is 38.9. The molecular weight excluding hydrogens is 819 g/mol. The first-order valence-corrected chi connectivity index (χ1v) is 22.7. The minimum atomic E-state index is 0.162. The maximum Gasteiger partial charge on any atom is 0.129 e. The van der Waals surface area contributed by atoms with Gasteiger partial charge in [-0.3, -0.25) is 0 Å². The predicted molar refractivity (Wildman–Crippen MR) is 263 cm³/mol. The van der Waals surface area contributed by atoms with Gasteiger partial charge in [0.25, 0.3) is 0 Å². The first kappa shape index (κ1) is 46.4. The summed E-state index contributed by atoms with van der Waals surface area (Å²) in [6, 6.07) is 37.3. The molecule has 4 heterocycles. The highest BCUT2D eigenvalue weighted by Crippen LogP contribution is 2.31. The van der Waals surface area contributed by atoms with Gasteiger partial charge in [-0.2, -0.15) is 0 Å². The summed E-state index contributed by atoms with van der Waals surface area (Å²) in [5, 5.41) is 21.9. The Balaban J connectivity index is 0.000000172. The summed E-state index contributed by atoms with van der Waals surface area (Å²) in [6.45, 7) is 19.3. The standard InChI is InChI=1S/C25H31ClN4.C16H12Cl2N2.C9H20N2/c1-25(2,3)29-20-12-14-30(15-13-20)23-16-24(28-22-7-5-4-6-21(22)23)27-17-18-8-10-19(26)11-9-18;17-12-7-5-11(6-8-12)10-19-16-9-14(18)13-3-1-2-4-15(13)20-16;1-9(2,3)11-8-4-6-10-7-5-8/h4-11,16,20,29H,12-15,17H2,1-3H3,(H,27,28);1-9H,10H2,(H,19,20);8,10-11H,4-7H2,1-3H3. The van der Waals surface area contributed by atoms with Crippen LogP contribution < -0.4 is 31.5 Å². The highest BCUT2D eigenvalue weighted by atomic mass is 35.5. The Labute approximate surface area is 378 Å². The van der Waals surface area contributed by atoms with E-state index in [9.17, 15) is 0 Å². The largest absolute Gasteiger partial charge is 0.371 e. The number of rotatable bonds is 9. The molecule has 0 aliphatic carbocycles. The second-order valence-corrected chi connectivity index (χ2v) is 19.4. The monoisotopic (exact) mass is 880 g/mol. The molecule has 2 aliphatic rings. The molecule has 0 radical (unpaired) electrons. The molecule has 0 spiro atoms. The fourth-order valence-corrected chi connectivity index (χ4v) is 8.29. The van der Waals surface area contributed by atoms with Crippen molar-refractivity contribution >= 4 is 73.9 Å². The van der Waals surface area contributed by atoms with E-state index in [0.29, 0.717) is 17.6 Å². The van der Waals surface area contributed by atoms with Crippen molar-refractivity contribution in [2.24, 2.45) is 0 Å². The molecular formula is C50H63Cl3N8. The average molecular weight is 882 g/mol. The van der Waals surface area contributed by atoms with Crippen molar-refractivity contribution < 1.29 is 0 Å². The molecule has 0 amide bonds. The molecule has 0 bridgehead atoms. The van der Waals surface area contributed by atoms with Crippen molar-refractivity contribution in [1.29, 1.82) is 0 Å². The predicted octanol–water partition coefficient (Wildman–Crippen LogP) is 12.1. The summed E-state index contributed by atoms with van der Waals surface area (Å²) in [4.78, 5) is 11.9. The molecule has 0 atom stereocenters. The first-order valence-electron chi connectivity index (χ1n) is 21.6. The van der Waals surface area contributed by atoms with Gasteiger partial charge in [0.2, 0.25) is 0 Å². The van der Waals surface area contributed by atoms with E-state index in [0.717, 1.165) is 82.2 Å². The Hall–Kier alpha value is -4.15. The number of nitrogens with one attached hydrogen (secondary N) is 5. The zero-order valence-electron chi connectivity index (χ0n) is 36.6. The van der Waals surface area contributed by atoms with Crippen LogP contribution in [0.1, 0.15) is 78.4 Å². The van der Waals surface area contributed by atoms with E-state index < -0.39 is 0 Å². The van der Waals surface area contributed by atoms with Gasteiger partial charge < -0.3 is 31.5 Å².